The fraction of sp³-hybridized carbons (Fsp3) is 0.385. The molecule has 5 nitrogen and oxygen atoms in total. The number of carbonyl (C=O) groups is 2. The summed E-state index contributed by atoms with van der Waals surface area (Å²) in [6.07, 6.45) is -0.542. The Morgan fingerprint density at radius 3 is 2.55 bits per heavy atom. The van der Waals surface area contributed by atoms with Crippen molar-refractivity contribution in [2.45, 2.75) is 18.9 Å². The van der Waals surface area contributed by atoms with Crippen molar-refractivity contribution in [3.63, 3.8) is 0 Å². The Kier molecular flexibility index (Phi) is 4.27. The van der Waals surface area contributed by atoms with Crippen molar-refractivity contribution in [1.82, 2.24) is 4.90 Å². The van der Waals surface area contributed by atoms with Gasteiger partial charge in [0.25, 0.3) is 0 Å². The van der Waals surface area contributed by atoms with Crippen molar-refractivity contribution in [2.75, 3.05) is 6.54 Å². The number of carboxylic acids is 1. The number of nitrogens with zero attached hydrogens (tertiary/aromatic N) is 1. The van der Waals surface area contributed by atoms with E-state index in [1.165, 1.54) is 12.1 Å². The molecule has 1 heterocycles. The molecule has 1 aromatic carbocycles. The second kappa shape index (κ2) is 5.78. The van der Waals surface area contributed by atoms with E-state index in [1.54, 1.807) is 6.07 Å². The smallest absolute Gasteiger partial charge is 0.408 e. The monoisotopic (exact) mass is 345 g/mol. The van der Waals surface area contributed by atoms with Crippen LogP contribution in [0.1, 0.15) is 12.0 Å². The number of rotatable bonds is 3. The van der Waals surface area contributed by atoms with E-state index in [2.05, 4.69) is 15.9 Å². The lowest BCUT2D eigenvalue weighted by Crippen LogP contribution is -2.39. The fourth-order valence-electron chi connectivity index (χ4n) is 2.58. The Balaban J connectivity index is 2.11. The molecule has 2 atom stereocenters. The van der Waals surface area contributed by atoms with E-state index in [9.17, 15) is 14.0 Å². The van der Waals surface area contributed by atoms with Crippen LogP contribution in [0.4, 0.5) is 9.18 Å². The third-order valence-electron chi connectivity index (χ3n) is 3.37. The number of carboxylic acid groups (broad SMARTS) is 2. The molecular formula is C13H13BrFNO4. The molecule has 7 heteroatoms. The number of halogens is 2. The average molecular weight is 346 g/mol. The van der Waals surface area contributed by atoms with Crippen LogP contribution < -0.4 is 0 Å². The van der Waals surface area contributed by atoms with Gasteiger partial charge in [-0.15, -0.1) is 0 Å². The molecule has 1 amide bonds. The van der Waals surface area contributed by atoms with Crippen molar-refractivity contribution in [3.05, 3.63) is 34.1 Å². The summed E-state index contributed by atoms with van der Waals surface area (Å²) in [5.41, 5.74) is 0.721. The number of benzene rings is 1. The molecule has 1 aliphatic rings. The highest BCUT2D eigenvalue weighted by atomic mass is 79.9. The van der Waals surface area contributed by atoms with Crippen molar-refractivity contribution in [1.29, 1.82) is 0 Å². The summed E-state index contributed by atoms with van der Waals surface area (Å²) < 4.78 is 13.9. The molecule has 0 aliphatic carbocycles. The Morgan fingerprint density at radius 1 is 1.35 bits per heavy atom. The third kappa shape index (κ3) is 3.27. The molecule has 0 saturated carbocycles. The topological polar surface area (TPSA) is 77.8 Å². The van der Waals surface area contributed by atoms with E-state index in [1.807, 2.05) is 0 Å². The molecule has 0 spiro atoms. The van der Waals surface area contributed by atoms with Crippen LogP contribution >= 0.6 is 15.9 Å². The Bertz CT molecular complexity index is 509. The highest BCUT2D eigenvalue weighted by Crippen LogP contribution is 2.28. The van der Waals surface area contributed by atoms with Gasteiger partial charge < -0.3 is 10.2 Å². The maximum atomic E-state index is 13.3. The third-order valence-corrected chi connectivity index (χ3v) is 3.82. The van der Waals surface area contributed by atoms with Crippen molar-refractivity contribution < 1.29 is 24.2 Å². The predicted octanol–water partition coefficient (Wildman–Crippen LogP) is 2.58. The summed E-state index contributed by atoms with van der Waals surface area (Å²) in [7, 11) is 0. The van der Waals surface area contributed by atoms with E-state index in [4.69, 9.17) is 10.2 Å². The SMILES string of the molecule is O=C(O)[C@@H]1C[C@H](Cc2cc(F)cc(Br)c2)CN1C(=O)O. The normalized spacial score (nSPS) is 22.0. The van der Waals surface area contributed by atoms with Gasteiger partial charge in [-0.1, -0.05) is 15.9 Å². The number of aliphatic carboxylic acids is 1. The Morgan fingerprint density at radius 2 is 2.05 bits per heavy atom. The number of amides is 1. The molecule has 108 valence electrons. The molecule has 0 bridgehead atoms. The van der Waals surface area contributed by atoms with Gasteiger partial charge in [0.1, 0.15) is 11.9 Å². The van der Waals surface area contributed by atoms with Crippen molar-refractivity contribution in [2.24, 2.45) is 5.92 Å². The maximum absolute atomic E-state index is 13.3. The van der Waals surface area contributed by atoms with E-state index >= 15 is 0 Å². The molecule has 20 heavy (non-hydrogen) atoms. The number of hydrogen-bond donors (Lipinski definition) is 2. The van der Waals surface area contributed by atoms with Gasteiger partial charge in [-0.25, -0.2) is 14.0 Å². The van der Waals surface area contributed by atoms with Crippen LogP contribution in [0.3, 0.4) is 0 Å². The standard InChI is InChI=1S/C13H13BrFNO4/c14-9-2-7(3-10(15)5-9)1-8-4-11(12(17)18)16(6-8)13(19)20/h2-3,5,8,11H,1,4,6H2,(H,17,18)(H,19,20)/t8-,11-/m0/s1. The van der Waals surface area contributed by atoms with Gasteiger partial charge in [0.15, 0.2) is 0 Å². The summed E-state index contributed by atoms with van der Waals surface area (Å²) in [5.74, 6) is -1.64. The van der Waals surface area contributed by atoms with Crippen molar-refractivity contribution >= 4 is 28.0 Å². The first-order chi connectivity index (χ1) is 9.36. The predicted molar refractivity (Wildman–Crippen MR) is 72.1 cm³/mol. The molecule has 0 aromatic heterocycles. The Hall–Kier alpha value is -1.63. The molecule has 2 rings (SSSR count). The van der Waals surface area contributed by atoms with Gasteiger partial charge in [0, 0.05) is 11.0 Å². The zero-order valence-electron chi connectivity index (χ0n) is 10.4. The van der Waals surface area contributed by atoms with Gasteiger partial charge in [0.05, 0.1) is 0 Å². The first kappa shape index (κ1) is 14.8. The lowest BCUT2D eigenvalue weighted by Gasteiger charge is -2.16. The highest BCUT2D eigenvalue weighted by Gasteiger charge is 2.39. The molecule has 1 fully saturated rings. The zero-order chi connectivity index (χ0) is 14.9. The highest BCUT2D eigenvalue weighted by molar-refractivity contribution is 9.10. The molecule has 1 aromatic rings. The molecule has 0 unspecified atom stereocenters. The maximum Gasteiger partial charge on any atom is 0.408 e. The fourth-order valence-corrected chi connectivity index (χ4v) is 3.09. The van der Waals surface area contributed by atoms with Gasteiger partial charge in [-0.2, -0.15) is 0 Å². The summed E-state index contributed by atoms with van der Waals surface area (Å²) in [4.78, 5) is 23.0. The Labute approximate surface area is 123 Å². The second-order valence-corrected chi connectivity index (χ2v) is 5.79. The first-order valence-electron chi connectivity index (χ1n) is 6.04. The second-order valence-electron chi connectivity index (χ2n) is 4.87. The van der Waals surface area contributed by atoms with E-state index in [0.717, 1.165) is 10.5 Å². The minimum Gasteiger partial charge on any atom is -0.480 e. The lowest BCUT2D eigenvalue weighted by atomic mass is 9.97. The van der Waals surface area contributed by atoms with E-state index in [-0.39, 0.29) is 24.7 Å². The van der Waals surface area contributed by atoms with Crippen molar-refractivity contribution in [3.8, 4) is 0 Å². The number of hydrogen-bond acceptors (Lipinski definition) is 2. The van der Waals surface area contributed by atoms with Crippen LogP contribution in [0, 0.1) is 11.7 Å². The average Bonchev–Trinajstić information content (AvgIpc) is 2.71. The summed E-state index contributed by atoms with van der Waals surface area (Å²) >= 11 is 3.19. The van der Waals surface area contributed by atoms with Gasteiger partial charge in [-0.05, 0) is 42.5 Å². The van der Waals surface area contributed by atoms with E-state index in [0.29, 0.717) is 10.9 Å². The van der Waals surface area contributed by atoms with Crippen LogP contribution in [-0.2, 0) is 11.2 Å². The summed E-state index contributed by atoms with van der Waals surface area (Å²) in [5, 5.41) is 18.0. The molecule has 1 aliphatic heterocycles. The minimum atomic E-state index is -1.24. The molecule has 0 radical (unpaired) electrons. The summed E-state index contributed by atoms with van der Waals surface area (Å²) in [6.45, 7) is 0.153. The van der Waals surface area contributed by atoms with Crippen LogP contribution in [-0.4, -0.2) is 39.8 Å². The number of likely N-dealkylation sites (tertiary alicyclic amines) is 1. The quantitative estimate of drug-likeness (QED) is 0.882. The van der Waals surface area contributed by atoms with Crippen LogP contribution in [0.25, 0.3) is 0 Å². The zero-order valence-corrected chi connectivity index (χ0v) is 12.0. The molecule has 1 saturated heterocycles. The van der Waals surface area contributed by atoms with Crippen LogP contribution in [0.5, 0.6) is 0 Å². The lowest BCUT2D eigenvalue weighted by molar-refractivity contribution is -0.141. The van der Waals surface area contributed by atoms with Gasteiger partial charge in [0.2, 0.25) is 0 Å². The minimum absolute atomic E-state index is 0.124. The largest absolute Gasteiger partial charge is 0.480 e. The van der Waals surface area contributed by atoms with E-state index < -0.39 is 18.1 Å². The van der Waals surface area contributed by atoms with Crippen LogP contribution in [0.15, 0.2) is 22.7 Å². The van der Waals surface area contributed by atoms with Gasteiger partial charge >= 0.3 is 12.1 Å². The summed E-state index contributed by atoms with van der Waals surface area (Å²) in [6, 6.07) is 3.45. The van der Waals surface area contributed by atoms with Crippen LogP contribution in [0.2, 0.25) is 0 Å². The van der Waals surface area contributed by atoms with Gasteiger partial charge in [-0.3, -0.25) is 4.90 Å². The first-order valence-corrected chi connectivity index (χ1v) is 6.83. The molecule has 2 N–H and O–H groups in total. The molecular weight excluding hydrogens is 333 g/mol.